The lowest BCUT2D eigenvalue weighted by atomic mass is 9.92. The highest BCUT2D eigenvalue weighted by Gasteiger charge is 2.31. The minimum atomic E-state index is 0.00339. The molecule has 1 unspecified atom stereocenters. The zero-order valence-corrected chi connectivity index (χ0v) is 14.9. The molecular weight excluding hydrogens is 334 g/mol. The van der Waals surface area contributed by atoms with Gasteiger partial charge in [0, 0.05) is 0 Å². The zero-order valence-electron chi connectivity index (χ0n) is 14.9. The van der Waals surface area contributed by atoms with Crippen molar-refractivity contribution >= 4 is 0 Å². The molecule has 0 bridgehead atoms. The molecule has 5 nitrogen and oxygen atoms in total. The van der Waals surface area contributed by atoms with Crippen molar-refractivity contribution in [3.63, 3.8) is 0 Å². The molecule has 1 aliphatic rings. The van der Waals surface area contributed by atoms with Crippen molar-refractivity contribution in [2.45, 2.75) is 19.3 Å². The van der Waals surface area contributed by atoms with Crippen molar-refractivity contribution in [3.8, 4) is 23.7 Å². The molecule has 0 aliphatic carbocycles. The Bertz CT molecular complexity index is 1180. The summed E-state index contributed by atoms with van der Waals surface area (Å²) in [5.41, 5.74) is 7.07. The highest BCUT2D eigenvalue weighted by molar-refractivity contribution is 5.59. The number of terminal acetylenes is 1. The van der Waals surface area contributed by atoms with E-state index in [9.17, 15) is 0 Å². The molecule has 0 amide bonds. The van der Waals surface area contributed by atoms with Gasteiger partial charge in [0.15, 0.2) is 0 Å². The van der Waals surface area contributed by atoms with Gasteiger partial charge in [0.2, 0.25) is 0 Å². The van der Waals surface area contributed by atoms with E-state index in [0.29, 0.717) is 5.69 Å². The number of aromatic nitrogens is 5. The first-order valence-corrected chi connectivity index (χ1v) is 8.86. The van der Waals surface area contributed by atoms with Gasteiger partial charge in [-0.1, -0.05) is 41.6 Å². The SMILES string of the molecule is C#Cc1ncn2c1C(Cc1ccccc1)c1cnnn1-c1cc(C)ccc1-2. The van der Waals surface area contributed by atoms with Gasteiger partial charge in [0.05, 0.1) is 34.9 Å². The van der Waals surface area contributed by atoms with E-state index in [-0.39, 0.29) is 5.92 Å². The Balaban J connectivity index is 1.81. The van der Waals surface area contributed by atoms with Gasteiger partial charge >= 0.3 is 0 Å². The van der Waals surface area contributed by atoms with Crippen LogP contribution in [0.2, 0.25) is 0 Å². The van der Waals surface area contributed by atoms with Gasteiger partial charge in [-0.05, 0) is 42.5 Å². The topological polar surface area (TPSA) is 48.5 Å². The summed E-state index contributed by atoms with van der Waals surface area (Å²) in [4.78, 5) is 4.51. The lowest BCUT2D eigenvalue weighted by Gasteiger charge is -2.16. The summed E-state index contributed by atoms with van der Waals surface area (Å²) in [5, 5.41) is 8.60. The standard InChI is InChI=1S/C22H17N5/c1-3-18-22-17(12-16-7-5-4-6-8-16)21-13-24-25-27(21)20-11-15(2)9-10-19(20)26(22)14-23-18/h1,4-11,13-14,17H,12H2,2H3. The maximum Gasteiger partial charge on any atom is 0.135 e. The van der Waals surface area contributed by atoms with E-state index < -0.39 is 0 Å². The Morgan fingerprint density at radius 2 is 1.96 bits per heavy atom. The third kappa shape index (κ3) is 2.38. The molecule has 2 aromatic carbocycles. The molecule has 0 saturated carbocycles. The molecule has 5 rings (SSSR count). The van der Waals surface area contributed by atoms with Crippen LogP contribution < -0.4 is 0 Å². The summed E-state index contributed by atoms with van der Waals surface area (Å²) in [6, 6.07) is 16.7. The van der Waals surface area contributed by atoms with Crippen LogP contribution in [-0.2, 0) is 6.42 Å². The molecule has 5 heteroatoms. The highest BCUT2D eigenvalue weighted by Crippen LogP contribution is 2.37. The molecule has 27 heavy (non-hydrogen) atoms. The second kappa shape index (κ2) is 5.96. The zero-order chi connectivity index (χ0) is 18.4. The van der Waals surface area contributed by atoms with Crippen LogP contribution in [-0.4, -0.2) is 24.5 Å². The van der Waals surface area contributed by atoms with Gasteiger partial charge in [-0.15, -0.1) is 11.5 Å². The second-order valence-corrected chi connectivity index (χ2v) is 6.80. The Morgan fingerprint density at radius 1 is 1.11 bits per heavy atom. The van der Waals surface area contributed by atoms with E-state index in [1.54, 1.807) is 0 Å². The molecule has 0 radical (unpaired) electrons. The van der Waals surface area contributed by atoms with Crippen LogP contribution >= 0.6 is 0 Å². The quantitative estimate of drug-likeness (QED) is 0.520. The van der Waals surface area contributed by atoms with E-state index in [2.05, 4.69) is 75.2 Å². The lowest BCUT2D eigenvalue weighted by Crippen LogP contribution is -2.12. The maximum atomic E-state index is 5.80. The van der Waals surface area contributed by atoms with Crippen LogP contribution in [0.25, 0.3) is 11.4 Å². The number of nitrogens with zero attached hydrogens (tertiary/aromatic N) is 5. The monoisotopic (exact) mass is 351 g/mol. The van der Waals surface area contributed by atoms with Crippen LogP contribution in [0.5, 0.6) is 0 Å². The molecule has 0 fully saturated rings. The predicted molar refractivity (Wildman–Crippen MR) is 103 cm³/mol. The number of hydrogen-bond acceptors (Lipinski definition) is 3. The number of benzene rings is 2. The fraction of sp³-hybridized carbons (Fsp3) is 0.136. The largest absolute Gasteiger partial charge is 0.299 e. The summed E-state index contributed by atoms with van der Waals surface area (Å²) in [5.74, 6) is 2.77. The van der Waals surface area contributed by atoms with Gasteiger partial charge in [0.1, 0.15) is 12.0 Å². The minimum Gasteiger partial charge on any atom is -0.299 e. The van der Waals surface area contributed by atoms with Gasteiger partial charge < -0.3 is 0 Å². The summed E-state index contributed by atoms with van der Waals surface area (Å²) in [6.45, 7) is 2.07. The fourth-order valence-corrected chi connectivity index (χ4v) is 3.86. The molecule has 130 valence electrons. The van der Waals surface area contributed by atoms with Crippen LogP contribution in [0, 0.1) is 19.3 Å². The molecule has 0 N–H and O–H groups in total. The maximum absolute atomic E-state index is 5.80. The molecule has 1 aliphatic heterocycles. The van der Waals surface area contributed by atoms with Gasteiger partial charge in [-0.2, -0.15) is 0 Å². The second-order valence-electron chi connectivity index (χ2n) is 6.80. The third-order valence-electron chi connectivity index (χ3n) is 5.11. The van der Waals surface area contributed by atoms with E-state index in [4.69, 9.17) is 6.42 Å². The van der Waals surface area contributed by atoms with Crippen molar-refractivity contribution in [2.75, 3.05) is 0 Å². The molecular formula is C22H17N5. The summed E-state index contributed by atoms with van der Waals surface area (Å²) < 4.78 is 4.04. The number of imidazole rings is 1. The molecule has 0 spiro atoms. The number of hydrogen-bond donors (Lipinski definition) is 0. The first kappa shape index (κ1) is 15.6. The predicted octanol–water partition coefficient (Wildman–Crippen LogP) is 3.43. The fourth-order valence-electron chi connectivity index (χ4n) is 3.86. The lowest BCUT2D eigenvalue weighted by molar-refractivity contribution is 0.693. The molecule has 4 aromatic rings. The Morgan fingerprint density at radius 3 is 2.78 bits per heavy atom. The minimum absolute atomic E-state index is 0.00339. The molecule has 2 aromatic heterocycles. The Kier molecular flexibility index (Phi) is 3.44. The highest BCUT2D eigenvalue weighted by atomic mass is 15.4. The van der Waals surface area contributed by atoms with E-state index >= 15 is 0 Å². The van der Waals surface area contributed by atoms with Crippen molar-refractivity contribution in [1.82, 2.24) is 24.5 Å². The molecule has 1 atom stereocenters. The van der Waals surface area contributed by atoms with E-state index in [1.165, 1.54) is 5.56 Å². The number of fused-ring (bicyclic) bond motifs is 5. The number of rotatable bonds is 2. The average Bonchev–Trinajstić information content (AvgIpc) is 3.32. The Labute approximate surface area is 157 Å². The average molecular weight is 351 g/mol. The van der Waals surface area contributed by atoms with Gasteiger partial charge in [0.25, 0.3) is 0 Å². The van der Waals surface area contributed by atoms with Crippen molar-refractivity contribution < 1.29 is 0 Å². The van der Waals surface area contributed by atoms with Crippen LogP contribution in [0.4, 0.5) is 0 Å². The van der Waals surface area contributed by atoms with E-state index in [0.717, 1.165) is 34.7 Å². The van der Waals surface area contributed by atoms with Crippen molar-refractivity contribution in [1.29, 1.82) is 0 Å². The third-order valence-corrected chi connectivity index (χ3v) is 5.11. The normalized spacial score (nSPS) is 14.6. The first-order valence-electron chi connectivity index (χ1n) is 8.86. The van der Waals surface area contributed by atoms with E-state index in [1.807, 2.05) is 23.3 Å². The molecule has 3 heterocycles. The Hall–Kier alpha value is -3.65. The number of aryl methyl sites for hydroxylation is 1. The summed E-state index contributed by atoms with van der Waals surface area (Å²) in [7, 11) is 0. The molecule has 0 saturated heterocycles. The van der Waals surface area contributed by atoms with Gasteiger partial charge in [-0.3, -0.25) is 4.57 Å². The summed E-state index contributed by atoms with van der Waals surface area (Å²) >= 11 is 0. The summed E-state index contributed by atoms with van der Waals surface area (Å²) in [6.07, 6.45) is 10.2. The first-order chi connectivity index (χ1) is 13.3. The smallest absolute Gasteiger partial charge is 0.135 e. The van der Waals surface area contributed by atoms with Gasteiger partial charge in [-0.25, -0.2) is 9.67 Å². The van der Waals surface area contributed by atoms with Crippen molar-refractivity contribution in [3.05, 3.63) is 89.3 Å². The van der Waals surface area contributed by atoms with Crippen LogP contribution in [0.1, 0.15) is 34.1 Å². The van der Waals surface area contributed by atoms with Crippen LogP contribution in [0.15, 0.2) is 61.1 Å². The van der Waals surface area contributed by atoms with Crippen molar-refractivity contribution in [2.24, 2.45) is 0 Å². The van der Waals surface area contributed by atoms with Crippen LogP contribution in [0.3, 0.4) is 0 Å².